The van der Waals surface area contributed by atoms with E-state index in [0.29, 0.717) is 19.6 Å². The molecule has 2 N–H and O–H groups in total. The average molecular weight is 350 g/mol. The first kappa shape index (κ1) is 16.9. The number of aromatic nitrogens is 2. The molecule has 7 nitrogen and oxygen atoms in total. The fourth-order valence-electron chi connectivity index (χ4n) is 2.72. The monoisotopic (exact) mass is 350 g/mol. The minimum absolute atomic E-state index is 0.0459. The van der Waals surface area contributed by atoms with E-state index in [2.05, 4.69) is 15.3 Å². The third kappa shape index (κ3) is 3.44. The number of carbonyl (C=O) groups is 1. The summed E-state index contributed by atoms with van der Waals surface area (Å²) in [5.74, 6) is 0.747. The number of nitrogens with one attached hydrogen (secondary N) is 1. The first-order chi connectivity index (χ1) is 11.4. The van der Waals surface area contributed by atoms with E-state index in [1.165, 1.54) is 11.9 Å². The highest BCUT2D eigenvalue weighted by atomic mass is 32.1. The van der Waals surface area contributed by atoms with E-state index in [4.69, 9.17) is 9.84 Å². The molecule has 0 atom stereocenters. The van der Waals surface area contributed by atoms with Crippen LogP contribution in [0.3, 0.4) is 0 Å². The van der Waals surface area contributed by atoms with Crippen molar-refractivity contribution in [2.75, 3.05) is 25.0 Å². The van der Waals surface area contributed by atoms with E-state index >= 15 is 0 Å². The Balaban J connectivity index is 1.86. The fraction of sp³-hybridized carbons (Fsp3) is 0.562. The zero-order chi connectivity index (χ0) is 17.3. The van der Waals surface area contributed by atoms with Gasteiger partial charge in [-0.1, -0.05) is 0 Å². The summed E-state index contributed by atoms with van der Waals surface area (Å²) < 4.78 is 5.47. The second kappa shape index (κ2) is 6.52. The van der Waals surface area contributed by atoms with Crippen molar-refractivity contribution in [3.8, 4) is 0 Å². The second-order valence-electron chi connectivity index (χ2n) is 6.71. The third-order valence-corrected chi connectivity index (χ3v) is 4.82. The molecule has 130 valence electrons. The Morgan fingerprint density at radius 2 is 2.25 bits per heavy atom. The van der Waals surface area contributed by atoms with Crippen molar-refractivity contribution in [2.24, 2.45) is 0 Å². The van der Waals surface area contributed by atoms with Crippen LogP contribution < -0.4 is 5.32 Å². The lowest BCUT2D eigenvalue weighted by Gasteiger charge is -2.30. The number of ether oxygens (including phenoxy) is 1. The predicted molar refractivity (Wildman–Crippen MR) is 93.3 cm³/mol. The highest BCUT2D eigenvalue weighted by Crippen LogP contribution is 2.37. The Hall–Kier alpha value is -1.93. The molecule has 1 aliphatic heterocycles. The Bertz CT molecular complexity index is 754. The van der Waals surface area contributed by atoms with E-state index < -0.39 is 5.60 Å². The highest BCUT2D eigenvalue weighted by molar-refractivity contribution is 7.19. The zero-order valence-electron chi connectivity index (χ0n) is 14.1. The Labute approximate surface area is 144 Å². The third-order valence-electron chi connectivity index (χ3n) is 3.69. The van der Waals surface area contributed by atoms with E-state index in [1.807, 2.05) is 20.8 Å². The summed E-state index contributed by atoms with van der Waals surface area (Å²) in [7, 11) is 0. The smallest absolute Gasteiger partial charge is 0.410 e. The minimum atomic E-state index is -0.496. The summed E-state index contributed by atoms with van der Waals surface area (Å²) >= 11 is 1.58. The summed E-state index contributed by atoms with van der Waals surface area (Å²) in [4.78, 5) is 24.7. The normalized spacial score (nSPS) is 14.6. The number of rotatable bonds is 3. The molecule has 0 saturated carbocycles. The van der Waals surface area contributed by atoms with Gasteiger partial charge in [-0.3, -0.25) is 0 Å². The largest absolute Gasteiger partial charge is 0.444 e. The SMILES string of the molecule is CC(C)(C)OC(=O)N1CCc2c(sc3ncnc(NCCO)c23)C1. The van der Waals surface area contributed by atoms with Crippen LogP contribution in [0.4, 0.5) is 10.6 Å². The standard InChI is InChI=1S/C16H22N4O3S/c1-16(2,3)23-15(22)20-6-4-10-11(8-20)24-14-12(10)13(17-5-7-21)18-9-19-14/h9,21H,4-8H2,1-3H3,(H,17,18,19). The molecule has 0 saturated heterocycles. The minimum Gasteiger partial charge on any atom is -0.444 e. The maximum absolute atomic E-state index is 12.3. The van der Waals surface area contributed by atoms with Crippen LogP contribution in [-0.4, -0.2) is 51.4 Å². The van der Waals surface area contributed by atoms with Crippen LogP contribution >= 0.6 is 11.3 Å². The molecule has 0 spiro atoms. The van der Waals surface area contributed by atoms with Crippen molar-refractivity contribution in [1.29, 1.82) is 0 Å². The molecule has 24 heavy (non-hydrogen) atoms. The van der Waals surface area contributed by atoms with Crippen LogP contribution in [0.2, 0.25) is 0 Å². The molecular formula is C16H22N4O3S. The predicted octanol–water partition coefficient (Wildman–Crippen LogP) is 2.39. The van der Waals surface area contributed by atoms with Gasteiger partial charge in [-0.15, -0.1) is 11.3 Å². The topological polar surface area (TPSA) is 87.6 Å². The number of anilines is 1. The van der Waals surface area contributed by atoms with Crippen LogP contribution in [0.15, 0.2) is 6.33 Å². The fourth-order valence-corrected chi connectivity index (χ4v) is 3.92. The molecular weight excluding hydrogens is 328 g/mol. The maximum atomic E-state index is 12.3. The van der Waals surface area contributed by atoms with Crippen molar-refractivity contribution < 1.29 is 14.6 Å². The number of amides is 1. The molecule has 3 rings (SSSR count). The quantitative estimate of drug-likeness (QED) is 0.884. The molecule has 0 unspecified atom stereocenters. The first-order valence-electron chi connectivity index (χ1n) is 7.97. The molecule has 0 fully saturated rings. The van der Waals surface area contributed by atoms with Crippen LogP contribution in [0, 0.1) is 0 Å². The van der Waals surface area contributed by atoms with Crippen molar-refractivity contribution in [3.63, 3.8) is 0 Å². The van der Waals surface area contributed by atoms with Gasteiger partial charge in [-0.05, 0) is 32.8 Å². The zero-order valence-corrected chi connectivity index (χ0v) is 14.9. The molecule has 8 heteroatoms. The number of hydrogen-bond acceptors (Lipinski definition) is 7. The maximum Gasteiger partial charge on any atom is 0.410 e. The van der Waals surface area contributed by atoms with Gasteiger partial charge in [0.1, 0.15) is 22.6 Å². The molecule has 0 aliphatic carbocycles. The van der Waals surface area contributed by atoms with E-state index in [1.54, 1.807) is 16.2 Å². The van der Waals surface area contributed by atoms with E-state index in [9.17, 15) is 4.79 Å². The lowest BCUT2D eigenvalue weighted by Crippen LogP contribution is -2.39. The molecule has 2 aromatic heterocycles. The van der Waals surface area contributed by atoms with Gasteiger partial charge in [0, 0.05) is 18.0 Å². The van der Waals surface area contributed by atoms with E-state index in [0.717, 1.165) is 27.3 Å². The molecule has 3 heterocycles. The summed E-state index contributed by atoms with van der Waals surface area (Å²) in [6.07, 6.45) is 1.99. The Morgan fingerprint density at radius 3 is 2.96 bits per heavy atom. The van der Waals surface area contributed by atoms with Crippen molar-refractivity contribution in [2.45, 2.75) is 39.3 Å². The molecule has 0 aromatic carbocycles. The summed E-state index contributed by atoms with van der Waals surface area (Å²) in [6.45, 7) is 7.25. The number of fused-ring (bicyclic) bond motifs is 3. The van der Waals surface area contributed by atoms with Gasteiger partial charge in [0.15, 0.2) is 0 Å². The van der Waals surface area contributed by atoms with Crippen LogP contribution in [-0.2, 0) is 17.7 Å². The van der Waals surface area contributed by atoms with Crippen LogP contribution in [0.1, 0.15) is 31.2 Å². The molecule has 2 aromatic rings. The molecule has 0 radical (unpaired) electrons. The molecule has 1 amide bonds. The van der Waals surface area contributed by atoms with Crippen molar-refractivity contribution >= 4 is 33.5 Å². The van der Waals surface area contributed by atoms with Gasteiger partial charge >= 0.3 is 6.09 Å². The number of nitrogens with zero attached hydrogens (tertiary/aromatic N) is 3. The number of carbonyl (C=O) groups excluding carboxylic acids is 1. The average Bonchev–Trinajstić information content (AvgIpc) is 2.89. The van der Waals surface area contributed by atoms with Crippen LogP contribution in [0.25, 0.3) is 10.2 Å². The lowest BCUT2D eigenvalue weighted by atomic mass is 10.1. The lowest BCUT2D eigenvalue weighted by molar-refractivity contribution is 0.0227. The molecule has 1 aliphatic rings. The number of aliphatic hydroxyl groups excluding tert-OH is 1. The van der Waals surface area contributed by atoms with Gasteiger partial charge in [-0.2, -0.15) is 0 Å². The molecule has 0 bridgehead atoms. The number of thiophene rings is 1. The van der Waals surface area contributed by atoms with Gasteiger partial charge < -0.3 is 20.1 Å². The summed E-state index contributed by atoms with van der Waals surface area (Å²) in [5, 5.41) is 13.2. The first-order valence-corrected chi connectivity index (χ1v) is 8.78. The van der Waals surface area contributed by atoms with Gasteiger partial charge in [0.05, 0.1) is 18.5 Å². The Morgan fingerprint density at radius 1 is 1.46 bits per heavy atom. The van der Waals surface area contributed by atoms with Gasteiger partial charge in [0.25, 0.3) is 0 Å². The Kier molecular flexibility index (Phi) is 4.60. The number of hydrogen-bond donors (Lipinski definition) is 2. The van der Waals surface area contributed by atoms with E-state index in [-0.39, 0.29) is 12.7 Å². The summed E-state index contributed by atoms with van der Waals surface area (Å²) in [5.41, 5.74) is 0.695. The number of aliphatic hydroxyl groups is 1. The second-order valence-corrected chi connectivity index (χ2v) is 7.79. The van der Waals surface area contributed by atoms with Crippen molar-refractivity contribution in [3.05, 3.63) is 16.8 Å². The summed E-state index contributed by atoms with van der Waals surface area (Å²) in [6, 6.07) is 0. The van der Waals surface area contributed by atoms with Crippen molar-refractivity contribution in [1.82, 2.24) is 14.9 Å². The van der Waals surface area contributed by atoms with Crippen LogP contribution in [0.5, 0.6) is 0 Å². The van der Waals surface area contributed by atoms with Gasteiger partial charge in [-0.25, -0.2) is 14.8 Å². The van der Waals surface area contributed by atoms with Gasteiger partial charge in [0.2, 0.25) is 0 Å². The highest BCUT2D eigenvalue weighted by Gasteiger charge is 2.29.